The van der Waals surface area contributed by atoms with Gasteiger partial charge >= 0.3 is 0 Å². The molecule has 1 aromatic rings. The summed E-state index contributed by atoms with van der Waals surface area (Å²) in [5, 5.41) is 0. The Balaban J connectivity index is 1.86. The summed E-state index contributed by atoms with van der Waals surface area (Å²) >= 11 is 0. The van der Waals surface area contributed by atoms with Crippen molar-refractivity contribution >= 4 is 0 Å². The van der Waals surface area contributed by atoms with Gasteiger partial charge in [-0.3, -0.25) is 0 Å². The highest BCUT2D eigenvalue weighted by atomic mass is 16.5. The predicted molar refractivity (Wildman–Crippen MR) is 71.7 cm³/mol. The molecule has 0 amide bonds. The fourth-order valence-electron chi connectivity index (χ4n) is 2.35. The van der Waals surface area contributed by atoms with E-state index in [4.69, 9.17) is 4.74 Å². The molecule has 1 nitrogen and oxygen atoms in total. The molecule has 0 saturated heterocycles. The lowest BCUT2D eigenvalue weighted by atomic mass is 9.73. The molecule has 1 aromatic carbocycles. The summed E-state index contributed by atoms with van der Waals surface area (Å²) in [6, 6.07) is 10.4. The topological polar surface area (TPSA) is 9.23 Å². The standard InChI is InChI=1S/C16H22O/c1-14-8-6-7-11-16(14,2)13-17-12-15-9-4-3-5-10-15/h3-5,7,9-11,14H,6,8,12-13H2,1-2H3/t14-,16-/m0/s1. The maximum absolute atomic E-state index is 5.88. The maximum Gasteiger partial charge on any atom is 0.0717 e. The Hall–Kier alpha value is -1.08. The number of ether oxygens (including phenoxy) is 1. The minimum Gasteiger partial charge on any atom is -0.376 e. The summed E-state index contributed by atoms with van der Waals surface area (Å²) in [5.74, 6) is 0.711. The number of hydrogen-bond donors (Lipinski definition) is 0. The zero-order chi connectivity index (χ0) is 12.1. The van der Waals surface area contributed by atoms with E-state index in [1.165, 1.54) is 18.4 Å². The van der Waals surface area contributed by atoms with Gasteiger partial charge in [0.15, 0.2) is 0 Å². The van der Waals surface area contributed by atoms with Gasteiger partial charge in [0.2, 0.25) is 0 Å². The zero-order valence-corrected chi connectivity index (χ0v) is 10.9. The Bertz CT molecular complexity index is 368. The van der Waals surface area contributed by atoms with Crippen molar-refractivity contribution in [1.82, 2.24) is 0 Å². The van der Waals surface area contributed by atoms with E-state index in [1.807, 2.05) is 6.07 Å². The first-order chi connectivity index (χ1) is 8.21. The summed E-state index contributed by atoms with van der Waals surface area (Å²) in [4.78, 5) is 0. The van der Waals surface area contributed by atoms with E-state index in [-0.39, 0.29) is 5.41 Å². The molecule has 92 valence electrons. The Morgan fingerprint density at radius 3 is 2.76 bits per heavy atom. The van der Waals surface area contributed by atoms with Gasteiger partial charge in [-0.05, 0) is 24.3 Å². The lowest BCUT2D eigenvalue weighted by Gasteiger charge is -2.35. The minimum atomic E-state index is 0.215. The SMILES string of the molecule is C[C@H]1CCC=C[C@@]1(C)COCc1ccccc1. The van der Waals surface area contributed by atoms with Crippen molar-refractivity contribution in [3.63, 3.8) is 0 Å². The molecule has 17 heavy (non-hydrogen) atoms. The molecule has 0 aromatic heterocycles. The molecule has 0 saturated carbocycles. The average molecular weight is 230 g/mol. The molecule has 0 heterocycles. The van der Waals surface area contributed by atoms with Gasteiger partial charge in [-0.1, -0.05) is 56.3 Å². The second-order valence-electron chi connectivity index (χ2n) is 5.36. The Morgan fingerprint density at radius 1 is 1.29 bits per heavy atom. The van der Waals surface area contributed by atoms with E-state index in [1.54, 1.807) is 0 Å². The van der Waals surface area contributed by atoms with Crippen LogP contribution in [0.1, 0.15) is 32.3 Å². The summed E-state index contributed by atoms with van der Waals surface area (Å²) < 4.78 is 5.88. The fourth-order valence-corrected chi connectivity index (χ4v) is 2.35. The van der Waals surface area contributed by atoms with Crippen LogP contribution in [0, 0.1) is 11.3 Å². The summed E-state index contributed by atoms with van der Waals surface area (Å²) in [7, 11) is 0. The summed E-state index contributed by atoms with van der Waals surface area (Å²) in [6.45, 7) is 6.17. The van der Waals surface area contributed by atoms with Crippen molar-refractivity contribution < 1.29 is 4.74 Å². The van der Waals surface area contributed by atoms with E-state index in [2.05, 4.69) is 50.3 Å². The van der Waals surface area contributed by atoms with Crippen molar-refractivity contribution in [3.8, 4) is 0 Å². The largest absolute Gasteiger partial charge is 0.376 e. The molecule has 1 heteroatoms. The van der Waals surface area contributed by atoms with Crippen LogP contribution in [0.4, 0.5) is 0 Å². The van der Waals surface area contributed by atoms with Crippen LogP contribution in [0.5, 0.6) is 0 Å². The number of allylic oxidation sites excluding steroid dienone is 1. The zero-order valence-electron chi connectivity index (χ0n) is 10.9. The van der Waals surface area contributed by atoms with Crippen LogP contribution >= 0.6 is 0 Å². The molecule has 2 rings (SSSR count). The first kappa shape index (κ1) is 12.4. The van der Waals surface area contributed by atoms with Crippen molar-refractivity contribution in [2.75, 3.05) is 6.61 Å². The molecule has 0 unspecified atom stereocenters. The first-order valence-corrected chi connectivity index (χ1v) is 6.50. The van der Waals surface area contributed by atoms with E-state index in [0.717, 1.165) is 13.2 Å². The van der Waals surface area contributed by atoms with Crippen molar-refractivity contribution in [1.29, 1.82) is 0 Å². The van der Waals surface area contributed by atoms with Gasteiger partial charge in [0.05, 0.1) is 13.2 Å². The van der Waals surface area contributed by atoms with Crippen LogP contribution in [-0.4, -0.2) is 6.61 Å². The highest BCUT2D eigenvalue weighted by molar-refractivity contribution is 5.13. The molecular weight excluding hydrogens is 208 g/mol. The molecule has 0 spiro atoms. The molecule has 0 aliphatic heterocycles. The third kappa shape index (κ3) is 3.19. The third-order valence-corrected chi connectivity index (χ3v) is 3.92. The molecule has 1 aliphatic rings. The van der Waals surface area contributed by atoms with Crippen LogP contribution < -0.4 is 0 Å². The van der Waals surface area contributed by atoms with E-state index < -0.39 is 0 Å². The Morgan fingerprint density at radius 2 is 2.06 bits per heavy atom. The van der Waals surface area contributed by atoms with Crippen LogP contribution in [0.2, 0.25) is 0 Å². The van der Waals surface area contributed by atoms with Gasteiger partial charge in [0, 0.05) is 5.41 Å². The number of benzene rings is 1. The maximum atomic E-state index is 5.88. The Labute approximate surface area is 104 Å². The lowest BCUT2D eigenvalue weighted by molar-refractivity contribution is 0.0351. The first-order valence-electron chi connectivity index (χ1n) is 6.50. The Kier molecular flexibility index (Phi) is 4.01. The van der Waals surface area contributed by atoms with Crippen LogP contribution in [0.15, 0.2) is 42.5 Å². The van der Waals surface area contributed by atoms with Crippen molar-refractivity contribution in [2.24, 2.45) is 11.3 Å². The predicted octanol–water partition coefficient (Wildman–Crippen LogP) is 4.20. The van der Waals surface area contributed by atoms with Gasteiger partial charge < -0.3 is 4.74 Å². The highest BCUT2D eigenvalue weighted by Gasteiger charge is 2.30. The lowest BCUT2D eigenvalue weighted by Crippen LogP contribution is -2.30. The van der Waals surface area contributed by atoms with Gasteiger partial charge in [-0.2, -0.15) is 0 Å². The van der Waals surface area contributed by atoms with E-state index in [0.29, 0.717) is 5.92 Å². The highest BCUT2D eigenvalue weighted by Crippen LogP contribution is 2.36. The summed E-state index contributed by atoms with van der Waals surface area (Å²) in [6.07, 6.45) is 7.13. The normalized spacial score (nSPS) is 28.2. The van der Waals surface area contributed by atoms with Crippen LogP contribution in [-0.2, 0) is 11.3 Å². The van der Waals surface area contributed by atoms with E-state index >= 15 is 0 Å². The molecule has 1 aliphatic carbocycles. The molecular formula is C16H22O. The molecule has 0 fully saturated rings. The van der Waals surface area contributed by atoms with Gasteiger partial charge in [-0.15, -0.1) is 0 Å². The number of hydrogen-bond acceptors (Lipinski definition) is 1. The average Bonchev–Trinajstić information content (AvgIpc) is 2.35. The number of rotatable bonds is 4. The molecule has 2 atom stereocenters. The molecule has 0 radical (unpaired) electrons. The van der Waals surface area contributed by atoms with Gasteiger partial charge in [0.1, 0.15) is 0 Å². The van der Waals surface area contributed by atoms with Crippen LogP contribution in [0.25, 0.3) is 0 Å². The van der Waals surface area contributed by atoms with Gasteiger partial charge in [-0.25, -0.2) is 0 Å². The third-order valence-electron chi connectivity index (χ3n) is 3.92. The minimum absolute atomic E-state index is 0.215. The monoisotopic (exact) mass is 230 g/mol. The quantitative estimate of drug-likeness (QED) is 0.704. The molecule has 0 bridgehead atoms. The summed E-state index contributed by atoms with van der Waals surface area (Å²) in [5.41, 5.74) is 1.47. The van der Waals surface area contributed by atoms with Crippen molar-refractivity contribution in [2.45, 2.75) is 33.3 Å². The fraction of sp³-hybridized carbons (Fsp3) is 0.500. The second-order valence-corrected chi connectivity index (χ2v) is 5.36. The van der Waals surface area contributed by atoms with E-state index in [9.17, 15) is 0 Å². The second kappa shape index (κ2) is 5.50. The van der Waals surface area contributed by atoms with Crippen LogP contribution in [0.3, 0.4) is 0 Å². The molecule has 0 N–H and O–H groups in total. The smallest absolute Gasteiger partial charge is 0.0717 e. The van der Waals surface area contributed by atoms with Gasteiger partial charge in [0.25, 0.3) is 0 Å². The van der Waals surface area contributed by atoms with Crippen molar-refractivity contribution in [3.05, 3.63) is 48.0 Å².